The van der Waals surface area contributed by atoms with Crippen LogP contribution in [0.25, 0.3) is 10.9 Å². The summed E-state index contributed by atoms with van der Waals surface area (Å²) in [6.45, 7) is 0.0703. The van der Waals surface area contributed by atoms with Crippen LogP contribution < -0.4 is 20.2 Å². The number of aromatic amines is 1. The number of amides is 1. The molecule has 0 spiro atoms. The Hall–Kier alpha value is -3.73. The van der Waals surface area contributed by atoms with Crippen molar-refractivity contribution in [1.82, 2.24) is 15.0 Å². The second-order valence-electron chi connectivity index (χ2n) is 7.73. The Balaban J connectivity index is 1.53. The van der Waals surface area contributed by atoms with Crippen molar-refractivity contribution in [2.24, 2.45) is 0 Å². The number of fused-ring (bicyclic) bond motifs is 1. The Morgan fingerprint density at radius 3 is 2.50 bits per heavy atom. The summed E-state index contributed by atoms with van der Waals surface area (Å²) in [5.74, 6) is -1.07. The molecule has 186 valence electrons. The molecule has 0 radical (unpaired) electrons. The first-order valence-electron chi connectivity index (χ1n) is 10.8. The number of halogens is 2. The first-order valence-corrected chi connectivity index (χ1v) is 12.7. The van der Waals surface area contributed by atoms with E-state index in [1.54, 1.807) is 48.5 Å². The summed E-state index contributed by atoms with van der Waals surface area (Å²) < 4.78 is 47.9. The minimum absolute atomic E-state index is 0.0327. The van der Waals surface area contributed by atoms with Gasteiger partial charge < -0.3 is 15.0 Å². The number of hydrogen-bond acceptors (Lipinski definition) is 5. The molecule has 0 aliphatic heterocycles. The van der Waals surface area contributed by atoms with Gasteiger partial charge in [-0.1, -0.05) is 41.9 Å². The van der Waals surface area contributed by atoms with E-state index in [9.17, 15) is 22.4 Å². The third-order valence-corrected chi connectivity index (χ3v) is 6.96. The number of aromatic nitrogens is 1. The Kier molecular flexibility index (Phi) is 7.68. The monoisotopic (exact) mass is 529 g/mol. The van der Waals surface area contributed by atoms with E-state index in [-0.39, 0.29) is 36.2 Å². The Morgan fingerprint density at radius 1 is 1.06 bits per heavy atom. The SMILES string of the molecule is O=C(NCc1ccc(Cl)cc1)c1c[nH]c2c(S(=O)(=O)NCCOc3ccccc3)cc(F)cc2c1=O. The van der Waals surface area contributed by atoms with E-state index in [0.717, 1.165) is 23.9 Å². The van der Waals surface area contributed by atoms with E-state index in [4.69, 9.17) is 16.3 Å². The van der Waals surface area contributed by atoms with Crippen LogP contribution in [0.2, 0.25) is 5.02 Å². The van der Waals surface area contributed by atoms with Crippen LogP contribution in [0.1, 0.15) is 15.9 Å². The number of pyridine rings is 1. The van der Waals surface area contributed by atoms with Gasteiger partial charge in [0.25, 0.3) is 5.91 Å². The lowest BCUT2D eigenvalue weighted by Gasteiger charge is -2.12. The number of carbonyl (C=O) groups is 1. The minimum atomic E-state index is -4.21. The van der Waals surface area contributed by atoms with Gasteiger partial charge in [0, 0.05) is 24.3 Å². The van der Waals surface area contributed by atoms with Crippen molar-refractivity contribution in [3.05, 3.63) is 105 Å². The van der Waals surface area contributed by atoms with Crippen LogP contribution in [0.3, 0.4) is 0 Å². The van der Waals surface area contributed by atoms with Gasteiger partial charge in [0.05, 0.1) is 10.9 Å². The van der Waals surface area contributed by atoms with E-state index in [2.05, 4.69) is 15.0 Å². The third-order valence-electron chi connectivity index (χ3n) is 5.22. The van der Waals surface area contributed by atoms with Gasteiger partial charge in [-0.25, -0.2) is 17.5 Å². The fraction of sp³-hybridized carbons (Fsp3) is 0.120. The minimum Gasteiger partial charge on any atom is -0.492 e. The number of sulfonamides is 1. The fourth-order valence-corrected chi connectivity index (χ4v) is 4.80. The summed E-state index contributed by atoms with van der Waals surface area (Å²) in [6, 6.07) is 17.3. The first kappa shape index (κ1) is 25.4. The molecule has 0 aliphatic carbocycles. The van der Waals surface area contributed by atoms with E-state index < -0.39 is 32.1 Å². The number of para-hydroxylation sites is 1. The molecule has 0 saturated carbocycles. The standard InChI is InChI=1S/C25H21ClFN3O5S/c26-17-8-6-16(7-9-17)14-29-25(32)21-15-28-23-20(24(21)31)12-18(27)13-22(23)36(33,34)30-10-11-35-19-4-2-1-3-5-19/h1-9,12-13,15,30H,10-11,14H2,(H,28,31)(H,29,32). The molecular weight excluding hydrogens is 509 g/mol. The van der Waals surface area contributed by atoms with E-state index in [1.165, 1.54) is 0 Å². The maximum atomic E-state index is 14.4. The zero-order chi connectivity index (χ0) is 25.7. The Labute approximate surface area is 211 Å². The molecule has 0 atom stereocenters. The van der Waals surface area contributed by atoms with Crippen LogP contribution >= 0.6 is 11.6 Å². The van der Waals surface area contributed by atoms with Crippen LogP contribution in [0, 0.1) is 5.82 Å². The summed E-state index contributed by atoms with van der Waals surface area (Å²) in [5.41, 5.74) is -0.450. The second-order valence-corrected chi connectivity index (χ2v) is 9.90. The van der Waals surface area contributed by atoms with E-state index in [0.29, 0.717) is 10.8 Å². The maximum absolute atomic E-state index is 14.4. The number of rotatable bonds is 9. The zero-order valence-corrected chi connectivity index (χ0v) is 20.3. The summed E-state index contributed by atoms with van der Waals surface area (Å²) in [6.07, 6.45) is 1.11. The van der Waals surface area contributed by atoms with Crippen LogP contribution in [0.4, 0.5) is 4.39 Å². The predicted octanol–water partition coefficient (Wildman–Crippen LogP) is 3.61. The number of benzene rings is 3. The lowest BCUT2D eigenvalue weighted by Crippen LogP contribution is -2.30. The molecule has 36 heavy (non-hydrogen) atoms. The van der Waals surface area contributed by atoms with Gasteiger partial charge in [0.1, 0.15) is 28.6 Å². The second kappa shape index (κ2) is 10.9. The highest BCUT2D eigenvalue weighted by Crippen LogP contribution is 2.21. The average molecular weight is 530 g/mol. The van der Waals surface area contributed by atoms with Crippen molar-refractivity contribution < 1.29 is 22.3 Å². The van der Waals surface area contributed by atoms with Crippen molar-refractivity contribution in [2.75, 3.05) is 13.2 Å². The lowest BCUT2D eigenvalue weighted by atomic mass is 10.1. The van der Waals surface area contributed by atoms with E-state index >= 15 is 0 Å². The predicted molar refractivity (Wildman–Crippen MR) is 134 cm³/mol. The third kappa shape index (κ3) is 5.91. The van der Waals surface area contributed by atoms with Crippen molar-refractivity contribution in [2.45, 2.75) is 11.4 Å². The number of H-pyrrole nitrogens is 1. The molecule has 3 N–H and O–H groups in total. The van der Waals surface area contributed by atoms with Crippen molar-refractivity contribution >= 4 is 38.4 Å². The number of carbonyl (C=O) groups excluding carboxylic acids is 1. The van der Waals surface area contributed by atoms with Crippen LogP contribution in [-0.2, 0) is 16.6 Å². The summed E-state index contributed by atoms with van der Waals surface area (Å²) >= 11 is 5.85. The molecule has 1 heterocycles. The first-order chi connectivity index (χ1) is 17.2. The highest BCUT2D eigenvalue weighted by Gasteiger charge is 2.22. The van der Waals surface area contributed by atoms with Gasteiger partial charge in [0.15, 0.2) is 0 Å². The zero-order valence-electron chi connectivity index (χ0n) is 18.8. The number of ether oxygens (including phenoxy) is 1. The van der Waals surface area contributed by atoms with Gasteiger partial charge in [-0.05, 0) is 42.0 Å². The molecule has 4 aromatic rings. The topological polar surface area (TPSA) is 117 Å². The highest BCUT2D eigenvalue weighted by atomic mass is 35.5. The lowest BCUT2D eigenvalue weighted by molar-refractivity contribution is 0.0949. The molecule has 8 nitrogen and oxygen atoms in total. The molecule has 0 saturated heterocycles. The molecule has 0 aliphatic rings. The molecule has 11 heteroatoms. The number of hydrogen-bond donors (Lipinski definition) is 3. The normalized spacial score (nSPS) is 11.4. The molecule has 0 fully saturated rings. The molecule has 1 amide bonds. The van der Waals surface area contributed by atoms with Gasteiger partial charge in [0.2, 0.25) is 15.5 Å². The van der Waals surface area contributed by atoms with Crippen molar-refractivity contribution in [3.8, 4) is 5.75 Å². The molecular formula is C25H21ClFN3O5S. The molecule has 4 rings (SSSR count). The van der Waals surface area contributed by atoms with Crippen LogP contribution in [0.15, 0.2) is 82.6 Å². The van der Waals surface area contributed by atoms with Gasteiger partial charge in [-0.15, -0.1) is 0 Å². The Bertz CT molecular complexity index is 1560. The molecule has 1 aromatic heterocycles. The van der Waals surface area contributed by atoms with E-state index in [1.807, 2.05) is 6.07 Å². The summed E-state index contributed by atoms with van der Waals surface area (Å²) in [5, 5.41) is 2.88. The van der Waals surface area contributed by atoms with Crippen LogP contribution in [-0.4, -0.2) is 32.5 Å². The summed E-state index contributed by atoms with van der Waals surface area (Å²) in [4.78, 5) is 27.8. The largest absolute Gasteiger partial charge is 0.492 e. The van der Waals surface area contributed by atoms with Gasteiger partial charge >= 0.3 is 0 Å². The van der Waals surface area contributed by atoms with Crippen molar-refractivity contribution in [3.63, 3.8) is 0 Å². The molecule has 0 bridgehead atoms. The van der Waals surface area contributed by atoms with Gasteiger partial charge in [-0.3, -0.25) is 9.59 Å². The highest BCUT2D eigenvalue weighted by molar-refractivity contribution is 7.89. The molecule has 0 unspecified atom stereocenters. The average Bonchev–Trinajstić information content (AvgIpc) is 2.87. The van der Waals surface area contributed by atoms with Gasteiger partial charge in [-0.2, -0.15) is 0 Å². The quantitative estimate of drug-likeness (QED) is 0.286. The smallest absolute Gasteiger partial charge is 0.257 e. The van der Waals surface area contributed by atoms with Crippen LogP contribution in [0.5, 0.6) is 5.75 Å². The summed E-state index contributed by atoms with van der Waals surface area (Å²) in [7, 11) is -4.21. The Morgan fingerprint density at radius 2 is 1.78 bits per heavy atom. The number of nitrogens with one attached hydrogen (secondary N) is 3. The fourth-order valence-electron chi connectivity index (χ4n) is 3.46. The van der Waals surface area contributed by atoms with Crippen molar-refractivity contribution in [1.29, 1.82) is 0 Å². The maximum Gasteiger partial charge on any atom is 0.257 e. The molecule has 3 aromatic carbocycles.